The van der Waals surface area contributed by atoms with Gasteiger partial charge >= 0.3 is 5.97 Å². The Morgan fingerprint density at radius 1 is 0.943 bits per heavy atom. The highest BCUT2D eigenvalue weighted by molar-refractivity contribution is 6.32. The number of ketones is 2. The largest absolute Gasteiger partial charge is 0.464 e. The fourth-order valence-corrected chi connectivity index (χ4v) is 6.29. The number of carbonyl (C=O) groups excluding carboxylic acids is 3. The van der Waals surface area contributed by atoms with E-state index in [1.165, 1.54) is 0 Å². The van der Waals surface area contributed by atoms with E-state index in [1.54, 1.807) is 55.5 Å². The number of carbonyl (C=O) groups is 3. The summed E-state index contributed by atoms with van der Waals surface area (Å²) in [6.45, 7) is 1.94. The van der Waals surface area contributed by atoms with Crippen molar-refractivity contribution in [2.45, 2.75) is 24.9 Å². The molecule has 1 spiro atoms. The van der Waals surface area contributed by atoms with E-state index < -0.39 is 29.4 Å². The van der Waals surface area contributed by atoms with Gasteiger partial charge in [0.25, 0.3) is 0 Å². The molecule has 1 saturated heterocycles. The number of fused-ring (bicyclic) bond motifs is 5. The van der Waals surface area contributed by atoms with Crippen LogP contribution in [0.3, 0.4) is 0 Å². The lowest BCUT2D eigenvalue weighted by molar-refractivity contribution is -0.145. The minimum absolute atomic E-state index is 0.188. The van der Waals surface area contributed by atoms with Gasteiger partial charge < -0.3 is 9.64 Å². The number of hydrogen-bond acceptors (Lipinski definition) is 5. The molecule has 1 fully saturated rings. The average Bonchev–Trinajstić information content (AvgIpc) is 3.31. The van der Waals surface area contributed by atoms with E-state index >= 15 is 0 Å². The third kappa shape index (κ3) is 2.85. The summed E-state index contributed by atoms with van der Waals surface area (Å²) in [6, 6.07) is 20.2. The van der Waals surface area contributed by atoms with Crippen molar-refractivity contribution in [2.24, 2.45) is 5.41 Å². The Kier molecular flexibility index (Phi) is 4.94. The molecule has 0 aromatic heterocycles. The molecular formula is C29H22ClNO4. The molecule has 174 valence electrons. The third-order valence-electron chi connectivity index (χ3n) is 7.47. The lowest BCUT2D eigenvalue weighted by Gasteiger charge is -2.36. The summed E-state index contributed by atoms with van der Waals surface area (Å²) >= 11 is 6.19. The molecule has 3 atom stereocenters. The van der Waals surface area contributed by atoms with Crippen LogP contribution >= 0.6 is 11.6 Å². The number of nitrogens with zero attached hydrogens (tertiary/aromatic N) is 1. The van der Waals surface area contributed by atoms with E-state index in [4.69, 9.17) is 16.3 Å². The molecule has 3 aromatic rings. The van der Waals surface area contributed by atoms with Crippen LogP contribution in [0, 0.1) is 5.41 Å². The maximum atomic E-state index is 14.3. The second-order valence-corrected chi connectivity index (χ2v) is 9.51. The molecule has 35 heavy (non-hydrogen) atoms. The molecule has 6 heteroatoms. The Bertz CT molecular complexity index is 1380. The van der Waals surface area contributed by atoms with Crippen LogP contribution in [-0.2, 0) is 9.53 Å². The minimum Gasteiger partial charge on any atom is -0.464 e. The number of rotatable bonds is 3. The van der Waals surface area contributed by atoms with Gasteiger partial charge in [-0.3, -0.25) is 9.59 Å². The van der Waals surface area contributed by atoms with Crippen LogP contribution in [0.2, 0.25) is 5.02 Å². The molecule has 0 amide bonds. The molecule has 2 aliphatic heterocycles. The van der Waals surface area contributed by atoms with Crippen molar-refractivity contribution in [1.29, 1.82) is 0 Å². The van der Waals surface area contributed by atoms with Crippen molar-refractivity contribution >= 4 is 40.9 Å². The van der Waals surface area contributed by atoms with Crippen molar-refractivity contribution in [3.05, 3.63) is 106 Å². The summed E-state index contributed by atoms with van der Waals surface area (Å²) in [5.74, 6) is -1.75. The predicted molar refractivity (Wildman–Crippen MR) is 134 cm³/mol. The van der Waals surface area contributed by atoms with Crippen molar-refractivity contribution in [3.63, 3.8) is 0 Å². The minimum atomic E-state index is -1.51. The number of para-hydroxylation sites is 1. The highest BCUT2D eigenvalue weighted by Gasteiger charge is 2.71. The number of hydrogen-bond donors (Lipinski definition) is 0. The summed E-state index contributed by atoms with van der Waals surface area (Å²) in [6.07, 6.45) is 3.83. The standard InChI is InChI=1S/C29H22ClNO4/c1-2-35-28(34)25-24(18-11-14-19(30)15-12-18)29(26(32)20-8-4-5-9-21(20)27(29)33)23-16-13-17-7-3-6-10-22(17)31(23)25/h3-16,23-25H,2H2,1H3/t23?,24-,25+/m1/s1. The molecule has 5 nitrogen and oxygen atoms in total. The Labute approximate surface area is 208 Å². The SMILES string of the molecule is CCOC(=O)[C@@H]1[C@@H](c2ccc(Cl)cc2)C2(C(=O)c3ccccc3C2=O)C2C=Cc3ccccc3N21. The first-order valence-electron chi connectivity index (χ1n) is 11.7. The molecule has 0 saturated carbocycles. The first-order valence-corrected chi connectivity index (χ1v) is 12.0. The molecule has 0 radical (unpaired) electrons. The lowest BCUT2D eigenvalue weighted by atomic mass is 9.65. The maximum Gasteiger partial charge on any atom is 0.329 e. The normalized spacial score (nSPS) is 23.3. The van der Waals surface area contributed by atoms with Gasteiger partial charge in [-0.15, -0.1) is 0 Å². The monoisotopic (exact) mass is 483 g/mol. The summed E-state index contributed by atoms with van der Waals surface area (Å²) in [4.78, 5) is 44.2. The number of anilines is 1. The smallest absolute Gasteiger partial charge is 0.329 e. The van der Waals surface area contributed by atoms with Gasteiger partial charge in [0.2, 0.25) is 0 Å². The lowest BCUT2D eigenvalue weighted by Crippen LogP contribution is -2.48. The van der Waals surface area contributed by atoms with E-state index in [2.05, 4.69) is 0 Å². The predicted octanol–water partition coefficient (Wildman–Crippen LogP) is 5.34. The van der Waals surface area contributed by atoms with Gasteiger partial charge in [0.1, 0.15) is 11.5 Å². The van der Waals surface area contributed by atoms with Gasteiger partial charge in [0.05, 0.1) is 12.6 Å². The van der Waals surface area contributed by atoms with Gasteiger partial charge in [0, 0.05) is 27.8 Å². The van der Waals surface area contributed by atoms with Crippen LogP contribution in [0.5, 0.6) is 0 Å². The number of benzene rings is 3. The van der Waals surface area contributed by atoms with Crippen molar-refractivity contribution in [2.75, 3.05) is 11.5 Å². The maximum absolute atomic E-state index is 14.3. The number of ether oxygens (including phenoxy) is 1. The molecule has 0 N–H and O–H groups in total. The van der Waals surface area contributed by atoms with Gasteiger partial charge in [0.15, 0.2) is 11.6 Å². The first kappa shape index (κ1) is 21.8. The van der Waals surface area contributed by atoms with Crippen LogP contribution < -0.4 is 4.90 Å². The third-order valence-corrected chi connectivity index (χ3v) is 7.72. The summed E-state index contributed by atoms with van der Waals surface area (Å²) in [5.41, 5.74) is 1.69. The van der Waals surface area contributed by atoms with Crippen LogP contribution in [0.25, 0.3) is 6.08 Å². The molecular weight excluding hydrogens is 462 g/mol. The highest BCUT2D eigenvalue weighted by Crippen LogP contribution is 2.60. The van der Waals surface area contributed by atoms with Gasteiger partial charge in [-0.25, -0.2) is 4.79 Å². The van der Waals surface area contributed by atoms with Crippen LogP contribution in [0.15, 0.2) is 78.9 Å². The van der Waals surface area contributed by atoms with Crippen molar-refractivity contribution in [1.82, 2.24) is 0 Å². The van der Waals surface area contributed by atoms with E-state index in [0.29, 0.717) is 21.7 Å². The fraction of sp³-hybridized carbons (Fsp3) is 0.207. The zero-order chi connectivity index (χ0) is 24.3. The zero-order valence-corrected chi connectivity index (χ0v) is 19.7. The van der Waals surface area contributed by atoms with Crippen LogP contribution in [0.4, 0.5) is 5.69 Å². The quantitative estimate of drug-likeness (QED) is 0.372. The second-order valence-electron chi connectivity index (χ2n) is 9.07. The van der Waals surface area contributed by atoms with E-state index in [-0.39, 0.29) is 18.2 Å². The van der Waals surface area contributed by atoms with E-state index in [1.807, 2.05) is 41.3 Å². The number of Topliss-reactive ketones (excluding diaryl/α,β-unsaturated/α-hetero) is 2. The molecule has 1 unspecified atom stereocenters. The van der Waals surface area contributed by atoms with E-state index in [9.17, 15) is 14.4 Å². The molecule has 6 rings (SSSR count). The van der Waals surface area contributed by atoms with Gasteiger partial charge in [-0.1, -0.05) is 78.4 Å². The zero-order valence-electron chi connectivity index (χ0n) is 19.0. The highest BCUT2D eigenvalue weighted by atomic mass is 35.5. The van der Waals surface area contributed by atoms with Crippen LogP contribution in [-0.4, -0.2) is 36.2 Å². The summed E-state index contributed by atoms with van der Waals surface area (Å²) in [5, 5.41) is 0.531. The van der Waals surface area contributed by atoms with Gasteiger partial charge in [-0.2, -0.15) is 0 Å². The molecule has 3 aromatic carbocycles. The summed E-state index contributed by atoms with van der Waals surface area (Å²) in [7, 11) is 0. The fourth-order valence-electron chi connectivity index (χ4n) is 6.16. The topological polar surface area (TPSA) is 63.7 Å². The number of esters is 1. The Morgan fingerprint density at radius 2 is 1.57 bits per heavy atom. The summed E-state index contributed by atoms with van der Waals surface area (Å²) < 4.78 is 5.56. The first-order chi connectivity index (χ1) is 17.0. The Morgan fingerprint density at radius 3 is 2.23 bits per heavy atom. The Hall–Kier alpha value is -3.70. The Balaban J connectivity index is 1.67. The number of halogens is 1. The van der Waals surface area contributed by atoms with Gasteiger partial charge in [-0.05, 0) is 36.2 Å². The molecule has 3 aliphatic rings. The average molecular weight is 484 g/mol. The second kappa shape index (κ2) is 7.92. The van der Waals surface area contributed by atoms with E-state index in [0.717, 1.165) is 11.3 Å². The van der Waals surface area contributed by atoms with Crippen molar-refractivity contribution in [3.8, 4) is 0 Å². The van der Waals surface area contributed by atoms with Crippen LogP contribution in [0.1, 0.15) is 44.7 Å². The molecule has 2 heterocycles. The molecule has 1 aliphatic carbocycles. The van der Waals surface area contributed by atoms with Crippen molar-refractivity contribution < 1.29 is 19.1 Å². The molecule has 0 bridgehead atoms.